The monoisotopic (exact) mass is 316 g/mol. The van der Waals surface area contributed by atoms with Gasteiger partial charge >= 0.3 is 0 Å². The number of carbonyl (C=O) groups excluding carboxylic acids is 1. The van der Waals surface area contributed by atoms with E-state index in [0.717, 1.165) is 10.7 Å². The van der Waals surface area contributed by atoms with Gasteiger partial charge in [0.05, 0.1) is 5.25 Å². The van der Waals surface area contributed by atoms with Crippen LogP contribution in [0.25, 0.3) is 0 Å². The number of hydrogen-bond donors (Lipinski definition) is 1. The van der Waals surface area contributed by atoms with Crippen LogP contribution < -0.4 is 5.32 Å². The van der Waals surface area contributed by atoms with Crippen LogP contribution in [0, 0.1) is 6.92 Å². The van der Waals surface area contributed by atoms with Crippen LogP contribution in [0.4, 0.5) is 0 Å². The Balaban J connectivity index is 1.87. The zero-order valence-corrected chi connectivity index (χ0v) is 13.6. The van der Waals surface area contributed by atoms with Crippen LogP contribution in [0.15, 0.2) is 48.4 Å². The molecule has 2 aromatic rings. The maximum atomic E-state index is 12.2. The van der Waals surface area contributed by atoms with Gasteiger partial charge in [-0.1, -0.05) is 47.7 Å². The Morgan fingerprint density at radius 2 is 2.18 bits per heavy atom. The standard InChI is InChI=1S/C16H20N4OS/c1-4-9-20-11-18-19-16(20)22-13(3)15(21)17-10-14-7-5-12(2)6-8-14/h4-8,11,13H,1,9-10H2,2-3H3,(H,17,21)/t13-/m1/s1. The van der Waals surface area contributed by atoms with E-state index in [1.54, 1.807) is 12.4 Å². The summed E-state index contributed by atoms with van der Waals surface area (Å²) in [5.74, 6) is -0.0151. The molecule has 1 aromatic carbocycles. The van der Waals surface area contributed by atoms with Crippen molar-refractivity contribution in [1.29, 1.82) is 0 Å². The average molecular weight is 316 g/mol. The first-order chi connectivity index (χ1) is 10.6. The third kappa shape index (κ3) is 4.46. The number of amides is 1. The third-order valence-corrected chi connectivity index (χ3v) is 4.24. The van der Waals surface area contributed by atoms with E-state index in [9.17, 15) is 4.79 Å². The summed E-state index contributed by atoms with van der Waals surface area (Å²) in [4.78, 5) is 12.2. The summed E-state index contributed by atoms with van der Waals surface area (Å²) in [5.41, 5.74) is 2.30. The lowest BCUT2D eigenvalue weighted by molar-refractivity contribution is -0.120. The highest BCUT2D eigenvalue weighted by Crippen LogP contribution is 2.21. The Morgan fingerprint density at radius 1 is 1.45 bits per heavy atom. The molecule has 0 saturated heterocycles. The van der Waals surface area contributed by atoms with Crippen molar-refractivity contribution >= 4 is 17.7 Å². The molecule has 0 aliphatic heterocycles. The molecule has 1 atom stereocenters. The smallest absolute Gasteiger partial charge is 0.233 e. The Labute approximate surface area is 134 Å². The fourth-order valence-electron chi connectivity index (χ4n) is 1.85. The van der Waals surface area contributed by atoms with Gasteiger partial charge in [-0.15, -0.1) is 16.8 Å². The van der Waals surface area contributed by atoms with Crippen LogP contribution in [0.1, 0.15) is 18.1 Å². The molecule has 0 spiro atoms. The van der Waals surface area contributed by atoms with Gasteiger partial charge in [-0.25, -0.2) is 0 Å². The number of benzene rings is 1. The number of carbonyl (C=O) groups is 1. The van der Waals surface area contributed by atoms with E-state index >= 15 is 0 Å². The molecule has 0 unspecified atom stereocenters. The van der Waals surface area contributed by atoms with Gasteiger partial charge < -0.3 is 9.88 Å². The molecule has 0 aliphatic rings. The van der Waals surface area contributed by atoms with Crippen LogP contribution in [-0.4, -0.2) is 25.9 Å². The number of aromatic nitrogens is 3. The zero-order valence-electron chi connectivity index (χ0n) is 12.8. The molecule has 1 aromatic heterocycles. The summed E-state index contributed by atoms with van der Waals surface area (Å²) in [6, 6.07) is 8.12. The van der Waals surface area contributed by atoms with Gasteiger partial charge in [0, 0.05) is 13.1 Å². The zero-order chi connectivity index (χ0) is 15.9. The first kappa shape index (κ1) is 16.3. The van der Waals surface area contributed by atoms with Gasteiger partial charge in [-0.2, -0.15) is 0 Å². The molecule has 22 heavy (non-hydrogen) atoms. The molecule has 0 radical (unpaired) electrons. The average Bonchev–Trinajstić information content (AvgIpc) is 2.94. The van der Waals surface area contributed by atoms with Crippen LogP contribution in [0.3, 0.4) is 0 Å². The quantitative estimate of drug-likeness (QED) is 0.630. The number of allylic oxidation sites excluding steroid dienone is 1. The van der Waals surface area contributed by atoms with Crippen molar-refractivity contribution < 1.29 is 4.79 Å². The van der Waals surface area contributed by atoms with Gasteiger partial charge in [0.2, 0.25) is 5.91 Å². The highest BCUT2D eigenvalue weighted by atomic mass is 32.2. The molecule has 0 fully saturated rings. The first-order valence-corrected chi connectivity index (χ1v) is 7.96. The van der Waals surface area contributed by atoms with Crippen molar-refractivity contribution in [2.75, 3.05) is 0 Å². The first-order valence-electron chi connectivity index (χ1n) is 7.08. The molecular weight excluding hydrogens is 296 g/mol. The van der Waals surface area contributed by atoms with Crippen LogP contribution in [0.5, 0.6) is 0 Å². The van der Waals surface area contributed by atoms with E-state index in [1.807, 2.05) is 42.7 Å². The molecule has 0 aliphatic carbocycles. The molecule has 2 rings (SSSR count). The lowest BCUT2D eigenvalue weighted by Gasteiger charge is -2.12. The minimum Gasteiger partial charge on any atom is -0.351 e. The summed E-state index contributed by atoms with van der Waals surface area (Å²) in [7, 11) is 0. The lowest BCUT2D eigenvalue weighted by Crippen LogP contribution is -2.30. The molecule has 5 nitrogen and oxygen atoms in total. The third-order valence-electron chi connectivity index (χ3n) is 3.14. The topological polar surface area (TPSA) is 59.8 Å². The van der Waals surface area contributed by atoms with E-state index in [-0.39, 0.29) is 11.2 Å². The second-order valence-corrected chi connectivity index (χ2v) is 6.33. The van der Waals surface area contributed by atoms with Crippen molar-refractivity contribution in [3.8, 4) is 0 Å². The van der Waals surface area contributed by atoms with Crippen LogP contribution in [-0.2, 0) is 17.9 Å². The normalized spacial score (nSPS) is 11.9. The van der Waals surface area contributed by atoms with Gasteiger partial charge in [0.25, 0.3) is 0 Å². The predicted octanol–water partition coefficient (Wildman–Crippen LogP) is 2.57. The maximum absolute atomic E-state index is 12.2. The summed E-state index contributed by atoms with van der Waals surface area (Å²) in [6.07, 6.45) is 3.41. The van der Waals surface area contributed by atoms with E-state index in [1.165, 1.54) is 17.3 Å². The number of thioether (sulfide) groups is 1. The van der Waals surface area contributed by atoms with E-state index in [0.29, 0.717) is 13.1 Å². The van der Waals surface area contributed by atoms with Gasteiger partial charge in [-0.3, -0.25) is 4.79 Å². The van der Waals surface area contributed by atoms with Crippen LogP contribution in [0.2, 0.25) is 0 Å². The lowest BCUT2D eigenvalue weighted by atomic mass is 10.1. The Bertz CT molecular complexity index is 636. The molecule has 1 heterocycles. The number of nitrogens with zero attached hydrogens (tertiary/aromatic N) is 3. The van der Waals surface area contributed by atoms with Gasteiger partial charge in [0.1, 0.15) is 6.33 Å². The second-order valence-electron chi connectivity index (χ2n) is 5.02. The Hall–Kier alpha value is -2.08. The van der Waals surface area contributed by atoms with Crippen molar-refractivity contribution in [2.24, 2.45) is 0 Å². The molecule has 1 N–H and O–H groups in total. The maximum Gasteiger partial charge on any atom is 0.233 e. The molecule has 0 saturated carbocycles. The number of hydrogen-bond acceptors (Lipinski definition) is 4. The van der Waals surface area contributed by atoms with Crippen molar-refractivity contribution in [2.45, 2.75) is 37.3 Å². The van der Waals surface area contributed by atoms with Gasteiger partial charge in [-0.05, 0) is 19.4 Å². The van der Waals surface area contributed by atoms with Crippen LogP contribution >= 0.6 is 11.8 Å². The summed E-state index contributed by atoms with van der Waals surface area (Å²) >= 11 is 1.39. The van der Waals surface area contributed by atoms with Gasteiger partial charge in [0.15, 0.2) is 5.16 Å². The second kappa shape index (κ2) is 7.79. The minimum absolute atomic E-state index is 0.0151. The highest BCUT2D eigenvalue weighted by molar-refractivity contribution is 8.00. The Kier molecular flexibility index (Phi) is 5.77. The molecular formula is C16H20N4OS. The fourth-order valence-corrected chi connectivity index (χ4v) is 2.71. The summed E-state index contributed by atoms with van der Waals surface area (Å²) < 4.78 is 1.86. The van der Waals surface area contributed by atoms with E-state index in [2.05, 4.69) is 22.1 Å². The number of rotatable bonds is 7. The van der Waals surface area contributed by atoms with Crippen molar-refractivity contribution in [3.05, 3.63) is 54.4 Å². The Morgan fingerprint density at radius 3 is 2.86 bits per heavy atom. The largest absolute Gasteiger partial charge is 0.351 e. The number of aryl methyl sites for hydroxylation is 1. The summed E-state index contributed by atoms with van der Waals surface area (Å²) in [5, 5.41) is 11.3. The number of nitrogens with one attached hydrogen (secondary N) is 1. The fraction of sp³-hybridized carbons (Fsp3) is 0.312. The minimum atomic E-state index is -0.238. The van der Waals surface area contributed by atoms with Crippen molar-refractivity contribution in [1.82, 2.24) is 20.1 Å². The molecule has 116 valence electrons. The SMILES string of the molecule is C=CCn1cnnc1S[C@H](C)C(=O)NCc1ccc(C)cc1. The van der Waals surface area contributed by atoms with E-state index in [4.69, 9.17) is 0 Å². The van der Waals surface area contributed by atoms with E-state index < -0.39 is 0 Å². The molecule has 1 amide bonds. The highest BCUT2D eigenvalue weighted by Gasteiger charge is 2.17. The summed E-state index contributed by atoms with van der Waals surface area (Å²) in [6.45, 7) is 8.76. The van der Waals surface area contributed by atoms with Crippen molar-refractivity contribution in [3.63, 3.8) is 0 Å². The molecule has 0 bridgehead atoms. The predicted molar refractivity (Wildman–Crippen MR) is 88.6 cm³/mol. The molecule has 6 heteroatoms.